The first kappa shape index (κ1) is 15.8. The van der Waals surface area contributed by atoms with E-state index in [4.69, 9.17) is 0 Å². The van der Waals surface area contributed by atoms with Crippen molar-refractivity contribution in [2.75, 3.05) is 14.1 Å². The van der Waals surface area contributed by atoms with Gasteiger partial charge in [-0.2, -0.15) is 0 Å². The molecule has 4 rings (SSSR count). The predicted octanol–water partition coefficient (Wildman–Crippen LogP) is 3.07. The predicted molar refractivity (Wildman–Crippen MR) is 97.4 cm³/mol. The zero-order valence-corrected chi connectivity index (χ0v) is 14.5. The molecule has 0 saturated carbocycles. The van der Waals surface area contributed by atoms with Crippen LogP contribution >= 0.6 is 11.8 Å². The summed E-state index contributed by atoms with van der Waals surface area (Å²) in [5.74, 6) is -0.343. The number of aromatic nitrogens is 2. The first-order chi connectivity index (χ1) is 12.0. The zero-order chi connectivity index (χ0) is 17.6. The normalized spacial score (nSPS) is 15.6. The van der Waals surface area contributed by atoms with Gasteiger partial charge >= 0.3 is 0 Å². The molecule has 0 unspecified atom stereocenters. The topological polar surface area (TPSA) is 50.5 Å². The Morgan fingerprint density at radius 2 is 2.00 bits per heavy atom. The smallest absolute Gasteiger partial charge is 0.272 e. The van der Waals surface area contributed by atoms with E-state index in [1.54, 1.807) is 18.3 Å². The Kier molecular flexibility index (Phi) is 3.80. The van der Waals surface area contributed by atoms with Gasteiger partial charge in [0.2, 0.25) is 0 Å². The number of rotatable bonds is 2. The highest BCUT2D eigenvalue weighted by Gasteiger charge is 2.28. The number of halogens is 1. The lowest BCUT2D eigenvalue weighted by atomic mass is 10.1. The maximum Gasteiger partial charge on any atom is 0.272 e. The quantitative estimate of drug-likeness (QED) is 0.832. The van der Waals surface area contributed by atoms with Crippen LogP contribution in [0, 0.1) is 5.82 Å². The molecule has 3 heterocycles. The van der Waals surface area contributed by atoms with E-state index in [1.165, 1.54) is 34.8 Å². The van der Waals surface area contributed by atoms with E-state index < -0.39 is 0 Å². The summed E-state index contributed by atoms with van der Waals surface area (Å²) in [5.41, 5.74) is 3.09. The van der Waals surface area contributed by atoms with Crippen LogP contribution in [-0.4, -0.2) is 33.6 Å². The maximum absolute atomic E-state index is 13.2. The van der Waals surface area contributed by atoms with E-state index in [0.29, 0.717) is 22.7 Å². The molecule has 2 aliphatic heterocycles. The lowest BCUT2D eigenvalue weighted by molar-refractivity contribution is 0.530. The first-order valence-electron chi connectivity index (χ1n) is 7.74. The molecule has 0 fully saturated rings. The summed E-state index contributed by atoms with van der Waals surface area (Å²) in [6, 6.07) is 5.79. The van der Waals surface area contributed by atoms with Crippen molar-refractivity contribution in [1.29, 1.82) is 0 Å². The van der Waals surface area contributed by atoms with Crippen LogP contribution in [0.2, 0.25) is 0 Å². The number of benzene rings is 1. The molecule has 2 bridgehead atoms. The summed E-state index contributed by atoms with van der Waals surface area (Å²) >= 11 is 1.35. The van der Waals surface area contributed by atoms with E-state index in [1.807, 2.05) is 25.1 Å². The Hall–Kier alpha value is -2.67. The molecule has 0 radical (unpaired) electrons. The third-order valence-electron chi connectivity index (χ3n) is 4.11. The summed E-state index contributed by atoms with van der Waals surface area (Å²) < 4.78 is 14.6. The number of aliphatic imine (C=N–C) groups is 1. The third-order valence-corrected chi connectivity index (χ3v) is 5.17. The van der Waals surface area contributed by atoms with Gasteiger partial charge in [0, 0.05) is 38.0 Å². The molecule has 25 heavy (non-hydrogen) atoms. The summed E-state index contributed by atoms with van der Waals surface area (Å²) in [6.07, 6.45) is 5.86. The minimum Gasteiger partial charge on any atom is -0.377 e. The van der Waals surface area contributed by atoms with Crippen LogP contribution in [0.4, 0.5) is 4.39 Å². The number of thioether (sulfide) groups is 1. The van der Waals surface area contributed by atoms with Crippen molar-refractivity contribution in [2.24, 2.45) is 4.99 Å². The Morgan fingerprint density at radius 1 is 1.24 bits per heavy atom. The molecule has 0 aliphatic carbocycles. The minimum atomic E-state index is -0.343. The van der Waals surface area contributed by atoms with Crippen LogP contribution in [0.1, 0.15) is 12.1 Å². The fourth-order valence-corrected chi connectivity index (χ4v) is 3.94. The lowest BCUT2D eigenvalue weighted by Gasteiger charge is -2.23. The number of hydrogen-bond acceptors (Lipinski definition) is 5. The SMILES string of the molecule is CN(C)C1=C2CC(=NC=C1)Sc1c2ncn(-c2ccc(F)cc2)c1=O. The van der Waals surface area contributed by atoms with Gasteiger partial charge in [0.15, 0.2) is 0 Å². The highest BCUT2D eigenvalue weighted by molar-refractivity contribution is 8.14. The molecule has 0 N–H and O–H groups in total. The van der Waals surface area contributed by atoms with Crippen LogP contribution in [0.3, 0.4) is 0 Å². The van der Waals surface area contributed by atoms with Crippen molar-refractivity contribution < 1.29 is 4.39 Å². The zero-order valence-electron chi connectivity index (χ0n) is 13.7. The molecule has 126 valence electrons. The van der Waals surface area contributed by atoms with Gasteiger partial charge in [0.25, 0.3) is 5.56 Å². The van der Waals surface area contributed by atoms with E-state index in [2.05, 4.69) is 9.98 Å². The molecule has 1 aromatic carbocycles. The molecule has 2 aromatic rings. The third kappa shape index (κ3) is 2.70. The van der Waals surface area contributed by atoms with E-state index in [9.17, 15) is 9.18 Å². The Labute approximate surface area is 148 Å². The number of hydrogen-bond donors (Lipinski definition) is 0. The van der Waals surface area contributed by atoms with Crippen LogP contribution in [-0.2, 0) is 0 Å². The monoisotopic (exact) mass is 354 g/mol. The molecule has 7 heteroatoms. The highest BCUT2D eigenvalue weighted by atomic mass is 32.2. The van der Waals surface area contributed by atoms with Gasteiger partial charge in [-0.3, -0.25) is 14.4 Å². The molecule has 0 amide bonds. The van der Waals surface area contributed by atoms with Crippen molar-refractivity contribution in [3.05, 3.63) is 70.4 Å². The van der Waals surface area contributed by atoms with Crippen molar-refractivity contribution in [3.8, 4) is 5.69 Å². The Bertz CT molecular complexity index is 1000. The highest BCUT2D eigenvalue weighted by Crippen LogP contribution is 2.39. The van der Waals surface area contributed by atoms with Gasteiger partial charge in [-0.25, -0.2) is 9.37 Å². The second-order valence-electron chi connectivity index (χ2n) is 5.95. The Balaban J connectivity index is 1.93. The van der Waals surface area contributed by atoms with E-state index >= 15 is 0 Å². The van der Waals surface area contributed by atoms with Gasteiger partial charge in [-0.15, -0.1) is 0 Å². The maximum atomic E-state index is 13.2. The Morgan fingerprint density at radius 3 is 2.72 bits per heavy atom. The fourth-order valence-electron chi connectivity index (χ4n) is 2.91. The molecule has 0 saturated heterocycles. The van der Waals surface area contributed by atoms with E-state index in [-0.39, 0.29) is 11.4 Å². The largest absolute Gasteiger partial charge is 0.377 e. The van der Waals surface area contributed by atoms with Crippen LogP contribution < -0.4 is 5.56 Å². The second kappa shape index (κ2) is 6.00. The molecule has 5 nitrogen and oxygen atoms in total. The molecule has 0 atom stereocenters. The minimum absolute atomic E-state index is 0.175. The number of allylic oxidation sites excluding steroid dienone is 2. The summed E-state index contributed by atoms with van der Waals surface area (Å²) in [6.45, 7) is 0. The second-order valence-corrected chi connectivity index (χ2v) is 7.03. The van der Waals surface area contributed by atoms with Crippen molar-refractivity contribution >= 4 is 22.4 Å². The average Bonchev–Trinajstić information content (AvgIpc) is 2.76. The van der Waals surface area contributed by atoms with Gasteiger partial charge < -0.3 is 4.90 Å². The summed E-state index contributed by atoms with van der Waals surface area (Å²) in [5, 5.41) is 0.867. The van der Waals surface area contributed by atoms with Gasteiger partial charge in [-0.05, 0) is 30.3 Å². The molecular formula is C18H15FN4OS. The van der Waals surface area contributed by atoms with Gasteiger partial charge in [0.05, 0.1) is 16.4 Å². The van der Waals surface area contributed by atoms with Gasteiger partial charge in [0.1, 0.15) is 17.0 Å². The number of fused-ring (bicyclic) bond motifs is 4. The molecule has 2 aliphatic rings. The number of nitrogens with zero attached hydrogens (tertiary/aromatic N) is 4. The molecular weight excluding hydrogens is 339 g/mol. The number of likely N-dealkylation sites (N-methyl/N-ethyl adjacent to an activating group) is 1. The fraction of sp³-hybridized carbons (Fsp3) is 0.167. The first-order valence-corrected chi connectivity index (χ1v) is 8.56. The molecule has 0 spiro atoms. The summed E-state index contributed by atoms with van der Waals surface area (Å²) in [7, 11) is 3.91. The molecule has 1 aromatic heterocycles. The van der Waals surface area contributed by atoms with Crippen LogP contribution in [0.15, 0.2) is 63.2 Å². The van der Waals surface area contributed by atoms with Crippen LogP contribution in [0.25, 0.3) is 11.3 Å². The average molecular weight is 354 g/mol. The van der Waals surface area contributed by atoms with Crippen molar-refractivity contribution in [2.45, 2.75) is 11.3 Å². The lowest BCUT2D eigenvalue weighted by Crippen LogP contribution is -2.26. The van der Waals surface area contributed by atoms with Crippen LogP contribution in [0.5, 0.6) is 0 Å². The van der Waals surface area contributed by atoms with E-state index in [0.717, 1.165) is 16.3 Å². The standard InChI is InChI=1S/C18H15FN4OS/c1-22(2)14-7-8-20-15-9-13(14)16-17(25-15)18(24)23(10-21-16)12-5-3-11(19)4-6-12/h3-8,10H,9H2,1-2H3. The van der Waals surface area contributed by atoms with Crippen molar-refractivity contribution in [1.82, 2.24) is 14.5 Å². The van der Waals surface area contributed by atoms with Crippen molar-refractivity contribution in [3.63, 3.8) is 0 Å². The summed E-state index contributed by atoms with van der Waals surface area (Å²) in [4.78, 5) is 24.5. The van der Waals surface area contributed by atoms with Gasteiger partial charge in [-0.1, -0.05) is 11.8 Å².